The van der Waals surface area contributed by atoms with Gasteiger partial charge in [-0.3, -0.25) is 10.4 Å². The van der Waals surface area contributed by atoms with Gasteiger partial charge in [0.1, 0.15) is 0 Å². The summed E-state index contributed by atoms with van der Waals surface area (Å²) in [6.45, 7) is -0.721. The zero-order chi connectivity index (χ0) is 17.7. The van der Waals surface area contributed by atoms with Crippen molar-refractivity contribution < 1.29 is 95.5 Å². The van der Waals surface area contributed by atoms with Gasteiger partial charge in [0.2, 0.25) is 11.9 Å². The maximum Gasteiger partial charge on any atom is 1.00 e. The van der Waals surface area contributed by atoms with Gasteiger partial charge >= 0.3 is 59.1 Å². The molecule has 0 aliphatic carbocycles. The van der Waals surface area contributed by atoms with Crippen LogP contribution in [0.25, 0.3) is 0 Å². The Morgan fingerprint density at radius 3 is 1.48 bits per heavy atom. The molecule has 18 heteroatoms. The van der Waals surface area contributed by atoms with Crippen molar-refractivity contribution in [3.8, 4) is 0 Å². The first-order chi connectivity index (χ1) is 10.5. The van der Waals surface area contributed by atoms with Gasteiger partial charge in [-0.2, -0.15) is 15.0 Å². The summed E-state index contributed by atoms with van der Waals surface area (Å²) in [5.74, 6) is -2.86. The van der Waals surface area contributed by atoms with E-state index in [0.717, 1.165) is 0 Å². The van der Waals surface area contributed by atoms with Crippen molar-refractivity contribution in [2.75, 3.05) is 40.5 Å². The number of hydrogen-bond donors (Lipinski definition) is 4. The van der Waals surface area contributed by atoms with Crippen LogP contribution in [0.3, 0.4) is 0 Å². The van der Waals surface area contributed by atoms with E-state index in [2.05, 4.69) is 25.6 Å². The van der Waals surface area contributed by atoms with Gasteiger partial charge in [-0.15, -0.1) is 0 Å². The molecule has 0 bridgehead atoms. The molecule has 25 heavy (non-hydrogen) atoms. The van der Waals surface area contributed by atoms with Gasteiger partial charge < -0.3 is 19.7 Å². The Bertz CT molecular complexity index is 689. The smallest absolute Gasteiger partial charge is 0.748 e. The Balaban J connectivity index is 0. The summed E-state index contributed by atoms with van der Waals surface area (Å²) in [7, 11) is -8.94. The van der Waals surface area contributed by atoms with Crippen LogP contribution in [0.4, 0.5) is 17.8 Å². The number of aromatic nitrogens is 3. The topological polar surface area (TPSA) is 221 Å². The zero-order valence-corrected chi connectivity index (χ0v) is 18.9. The average Bonchev–Trinajstić information content (AvgIpc) is 2.35. The van der Waals surface area contributed by atoms with Crippen molar-refractivity contribution in [2.45, 2.75) is 0 Å². The SMILES string of the molecule is O=S(=O)([O-])CCNc1nc(NCCS(=O)(=O)[O-])nc(N(O)O)n1.[Na+].[Na+]. The predicted molar refractivity (Wildman–Crippen MR) is 72.0 cm³/mol. The van der Waals surface area contributed by atoms with Gasteiger partial charge in [0.15, 0.2) is 0 Å². The van der Waals surface area contributed by atoms with Crippen molar-refractivity contribution in [1.82, 2.24) is 15.0 Å². The molecule has 0 spiro atoms. The molecule has 1 rings (SSSR count). The third-order valence-electron chi connectivity index (χ3n) is 2.07. The van der Waals surface area contributed by atoms with E-state index in [1.807, 2.05) is 0 Å². The first-order valence-electron chi connectivity index (χ1n) is 5.75. The zero-order valence-electron chi connectivity index (χ0n) is 13.3. The fourth-order valence-electron chi connectivity index (χ4n) is 1.19. The summed E-state index contributed by atoms with van der Waals surface area (Å²) in [6, 6.07) is 0. The summed E-state index contributed by atoms with van der Waals surface area (Å²) in [5.41, 5.74) is 0. The first-order valence-corrected chi connectivity index (χ1v) is 8.90. The molecule has 132 valence electrons. The molecule has 0 amide bonds. The van der Waals surface area contributed by atoms with Crippen molar-refractivity contribution in [2.24, 2.45) is 0 Å². The molecule has 1 aromatic heterocycles. The Morgan fingerprint density at radius 2 is 1.20 bits per heavy atom. The van der Waals surface area contributed by atoms with Crippen molar-refractivity contribution in [3.63, 3.8) is 0 Å². The normalized spacial score (nSPS) is 11.0. The Morgan fingerprint density at radius 1 is 0.840 bits per heavy atom. The predicted octanol–water partition coefficient (Wildman–Crippen LogP) is -8.62. The molecule has 0 saturated carbocycles. The van der Waals surface area contributed by atoms with E-state index in [1.54, 1.807) is 0 Å². The molecule has 0 radical (unpaired) electrons. The second kappa shape index (κ2) is 11.8. The van der Waals surface area contributed by atoms with Gasteiger partial charge in [-0.25, -0.2) is 16.8 Å². The molecule has 1 aromatic rings. The van der Waals surface area contributed by atoms with Gasteiger partial charge in [0.05, 0.1) is 31.7 Å². The summed E-state index contributed by atoms with van der Waals surface area (Å²) in [6.07, 6.45) is 0. The van der Waals surface area contributed by atoms with Crippen LogP contribution in [0.2, 0.25) is 0 Å². The van der Waals surface area contributed by atoms with Gasteiger partial charge in [0.25, 0.3) is 5.95 Å². The van der Waals surface area contributed by atoms with Crippen LogP contribution >= 0.6 is 0 Å². The van der Waals surface area contributed by atoms with E-state index in [1.165, 1.54) is 0 Å². The van der Waals surface area contributed by atoms with Crippen LogP contribution < -0.4 is 75.0 Å². The summed E-state index contributed by atoms with van der Waals surface area (Å²) >= 11 is 0. The number of anilines is 3. The minimum atomic E-state index is -4.47. The maximum atomic E-state index is 10.5. The van der Waals surface area contributed by atoms with Crippen LogP contribution in [0, 0.1) is 0 Å². The van der Waals surface area contributed by atoms with Crippen molar-refractivity contribution >= 4 is 38.1 Å². The number of nitrogens with zero attached hydrogens (tertiary/aromatic N) is 4. The van der Waals surface area contributed by atoms with Gasteiger partial charge in [0, 0.05) is 13.1 Å². The molecule has 0 aliphatic rings. The van der Waals surface area contributed by atoms with E-state index in [9.17, 15) is 25.9 Å². The molecule has 0 fully saturated rings. The molecule has 0 unspecified atom stereocenters. The monoisotopic (exact) mass is 418 g/mol. The standard InChI is InChI=1S/C7H14N6O8S2.2Na/c14-13(15)7-11-5(8-1-3-22(16,17)18)10-6(12-7)9-2-4-23(19,20)21;;/h14-15H,1-4H2,(H,16,17,18)(H,19,20,21)(H2,8,9,10,11,12);;/q;2*+1/p-2. The molecule has 4 N–H and O–H groups in total. The third kappa shape index (κ3) is 13.0. The van der Waals surface area contributed by atoms with Crippen molar-refractivity contribution in [3.05, 3.63) is 0 Å². The summed E-state index contributed by atoms with van der Waals surface area (Å²) in [4.78, 5) is 10.6. The Kier molecular flexibility index (Phi) is 12.9. The Labute approximate surface area is 187 Å². The molecular weight excluding hydrogens is 406 g/mol. The minimum Gasteiger partial charge on any atom is -0.748 e. The van der Waals surface area contributed by atoms with Crippen molar-refractivity contribution in [1.29, 1.82) is 0 Å². The largest absolute Gasteiger partial charge is 1.00 e. The number of rotatable bonds is 9. The number of hydrogen-bond acceptors (Lipinski definition) is 14. The fourth-order valence-corrected chi connectivity index (χ4v) is 1.89. The molecule has 14 nitrogen and oxygen atoms in total. The van der Waals surface area contributed by atoms with Gasteiger partial charge in [-0.1, -0.05) is 5.23 Å². The van der Waals surface area contributed by atoms with E-state index in [0.29, 0.717) is 0 Å². The van der Waals surface area contributed by atoms with Crippen LogP contribution in [0.15, 0.2) is 0 Å². The minimum absolute atomic E-state index is 0. The molecule has 0 atom stereocenters. The quantitative estimate of drug-likeness (QED) is 0.166. The second-order valence-corrected chi connectivity index (χ2v) is 7.00. The molecule has 0 saturated heterocycles. The van der Waals surface area contributed by atoms with E-state index < -0.39 is 42.9 Å². The maximum absolute atomic E-state index is 10.5. The van der Waals surface area contributed by atoms with E-state index in [4.69, 9.17) is 10.4 Å². The summed E-state index contributed by atoms with van der Waals surface area (Å²) < 4.78 is 62.8. The van der Waals surface area contributed by atoms with E-state index >= 15 is 0 Å². The average molecular weight is 418 g/mol. The fraction of sp³-hybridized carbons (Fsp3) is 0.571. The van der Waals surface area contributed by atoms with Crippen LogP contribution in [0.5, 0.6) is 0 Å². The van der Waals surface area contributed by atoms with Crippen LogP contribution in [-0.4, -0.2) is 75.9 Å². The summed E-state index contributed by atoms with van der Waals surface area (Å²) in [5, 5.41) is 21.9. The first kappa shape index (κ1) is 27.4. The van der Waals surface area contributed by atoms with Crippen LogP contribution in [0.1, 0.15) is 0 Å². The number of nitrogens with one attached hydrogen (secondary N) is 2. The van der Waals surface area contributed by atoms with E-state index in [-0.39, 0.29) is 84.1 Å². The van der Waals surface area contributed by atoms with Crippen LogP contribution in [-0.2, 0) is 20.2 Å². The molecule has 1 heterocycles. The molecular formula is C7H12N6Na2O8S2. The molecule has 0 aliphatic heterocycles. The Hall–Kier alpha value is 0.150. The third-order valence-corrected chi connectivity index (χ3v) is 3.48. The second-order valence-electron chi connectivity index (χ2n) is 3.95. The molecule has 0 aromatic carbocycles. The van der Waals surface area contributed by atoms with Gasteiger partial charge in [-0.05, 0) is 0 Å².